The summed E-state index contributed by atoms with van der Waals surface area (Å²) in [7, 11) is 0. The summed E-state index contributed by atoms with van der Waals surface area (Å²) in [5.74, 6) is 0. The SMILES string of the molecule is c1cc[c]([GeH][c]2ccccc2)cc1.c1cc[c]([GeH][c]2ccccc2)cc1.c1cc[c]([Ge][c]2ccccc2)cc1. The molecule has 0 nitrogen and oxygen atoms in total. The van der Waals surface area contributed by atoms with Crippen LogP contribution >= 0.6 is 0 Å². The van der Waals surface area contributed by atoms with Gasteiger partial charge in [-0.3, -0.25) is 0 Å². The third-order valence-electron chi connectivity index (χ3n) is 5.70. The molecule has 3 heteroatoms. The van der Waals surface area contributed by atoms with Crippen LogP contribution in [0.15, 0.2) is 182 Å². The Hall–Kier alpha value is -3.05. The molecule has 0 N–H and O–H groups in total. The van der Waals surface area contributed by atoms with Crippen molar-refractivity contribution in [2.24, 2.45) is 0 Å². The molecule has 0 atom stereocenters. The van der Waals surface area contributed by atoms with Crippen LogP contribution in [0.1, 0.15) is 0 Å². The van der Waals surface area contributed by atoms with Crippen molar-refractivity contribution >= 4 is 72.7 Å². The molecule has 0 spiro atoms. The minimum absolute atomic E-state index is 0.108. The third kappa shape index (κ3) is 11.7. The van der Waals surface area contributed by atoms with Gasteiger partial charge in [0.15, 0.2) is 0 Å². The molecule has 0 saturated heterocycles. The Kier molecular flexibility index (Phi) is 13.0. The molecule has 4 radical (unpaired) electrons. The zero-order valence-corrected chi connectivity index (χ0v) is 28.9. The summed E-state index contributed by atoms with van der Waals surface area (Å²) in [6, 6.07) is 64.6. The molecule has 6 aromatic carbocycles. The second kappa shape index (κ2) is 17.5. The Morgan fingerprint density at radius 2 is 0.462 bits per heavy atom. The van der Waals surface area contributed by atoms with E-state index >= 15 is 0 Å². The third-order valence-corrected chi connectivity index (χ3v) is 14.3. The summed E-state index contributed by atoms with van der Waals surface area (Å²) >= 11 is -0.892. The van der Waals surface area contributed by atoms with Crippen molar-refractivity contribution in [3.05, 3.63) is 182 Å². The molecule has 0 aromatic heterocycles. The van der Waals surface area contributed by atoms with E-state index in [1.165, 1.54) is 26.4 Å². The first kappa shape index (κ1) is 28.9. The Morgan fingerprint density at radius 3 is 0.692 bits per heavy atom. The average Bonchev–Trinajstić information content (AvgIpc) is 3.01. The first-order chi connectivity index (χ1) is 19.3. The second-order valence-corrected chi connectivity index (χ2v) is 18.5. The molecule has 0 aliphatic heterocycles. The van der Waals surface area contributed by atoms with Gasteiger partial charge in [0.1, 0.15) is 0 Å². The molecule has 0 aliphatic rings. The zero-order valence-electron chi connectivity index (χ0n) is 22.0. The van der Waals surface area contributed by atoms with Crippen molar-refractivity contribution in [1.82, 2.24) is 0 Å². The molecular formula is C36H32Ge3. The Labute approximate surface area is 253 Å². The van der Waals surface area contributed by atoms with E-state index in [1.807, 2.05) is 0 Å². The second-order valence-electron chi connectivity index (χ2n) is 8.79. The van der Waals surface area contributed by atoms with E-state index in [0.717, 1.165) is 0 Å². The van der Waals surface area contributed by atoms with Crippen LogP contribution in [0.25, 0.3) is 0 Å². The van der Waals surface area contributed by atoms with Crippen LogP contribution in [0.3, 0.4) is 0 Å². The van der Waals surface area contributed by atoms with E-state index in [9.17, 15) is 0 Å². The molecular weight excluding hydrogens is 650 g/mol. The fourth-order valence-electron chi connectivity index (χ4n) is 3.79. The molecule has 0 heterocycles. The Bertz CT molecular complexity index is 1130. The summed E-state index contributed by atoms with van der Waals surface area (Å²) in [5, 5.41) is 0. The van der Waals surface area contributed by atoms with Crippen molar-refractivity contribution in [2.75, 3.05) is 0 Å². The van der Waals surface area contributed by atoms with Gasteiger partial charge in [-0.2, -0.15) is 0 Å². The van der Waals surface area contributed by atoms with Crippen LogP contribution in [0.4, 0.5) is 0 Å². The van der Waals surface area contributed by atoms with Gasteiger partial charge in [-0.1, -0.05) is 0 Å². The van der Waals surface area contributed by atoms with Crippen molar-refractivity contribution < 1.29 is 0 Å². The van der Waals surface area contributed by atoms with Crippen molar-refractivity contribution in [2.45, 2.75) is 0 Å². The molecule has 0 saturated carbocycles. The van der Waals surface area contributed by atoms with Gasteiger partial charge in [0.2, 0.25) is 0 Å². The molecule has 0 aliphatic carbocycles. The number of hydrogen-bond acceptors (Lipinski definition) is 0. The minimum atomic E-state index is -0.392. The number of rotatable bonds is 6. The van der Waals surface area contributed by atoms with Gasteiger partial charge in [-0.05, 0) is 0 Å². The van der Waals surface area contributed by atoms with Crippen LogP contribution in [0.5, 0.6) is 0 Å². The van der Waals surface area contributed by atoms with E-state index in [-0.39, 0.29) is 15.4 Å². The average molecular weight is 682 g/mol. The van der Waals surface area contributed by atoms with Gasteiger partial charge in [-0.25, -0.2) is 0 Å². The van der Waals surface area contributed by atoms with Crippen LogP contribution < -0.4 is 26.4 Å². The van der Waals surface area contributed by atoms with E-state index in [1.54, 1.807) is 0 Å². The van der Waals surface area contributed by atoms with E-state index in [0.29, 0.717) is 0 Å². The first-order valence-corrected chi connectivity index (χ1v) is 20.1. The van der Waals surface area contributed by atoms with Crippen molar-refractivity contribution in [3.8, 4) is 0 Å². The molecule has 0 bridgehead atoms. The zero-order chi connectivity index (χ0) is 26.8. The Morgan fingerprint density at radius 1 is 0.256 bits per heavy atom. The van der Waals surface area contributed by atoms with Gasteiger partial charge in [-0.15, -0.1) is 0 Å². The summed E-state index contributed by atoms with van der Waals surface area (Å²) in [6.07, 6.45) is 0. The van der Waals surface area contributed by atoms with Gasteiger partial charge in [0, 0.05) is 0 Å². The maximum atomic E-state index is 2.23. The predicted octanol–water partition coefficient (Wildman–Crippen LogP) is 3.49. The predicted molar refractivity (Wildman–Crippen MR) is 177 cm³/mol. The van der Waals surface area contributed by atoms with Crippen LogP contribution in [-0.2, 0) is 0 Å². The summed E-state index contributed by atoms with van der Waals surface area (Å²) in [4.78, 5) is 0. The summed E-state index contributed by atoms with van der Waals surface area (Å²) in [5.41, 5.74) is 0. The maximum absolute atomic E-state index is 2.23. The molecule has 0 unspecified atom stereocenters. The van der Waals surface area contributed by atoms with Gasteiger partial charge in [0.05, 0.1) is 0 Å². The monoisotopic (exact) mass is 686 g/mol. The standard InChI is InChI=1S/2C12H11Ge.C12H10Ge/c3*1-3-7-11(8-4-1)13-12-9-5-2-6-10-12/h2*1-10,13H;1-10H. The van der Waals surface area contributed by atoms with Crippen LogP contribution in [-0.4, -0.2) is 46.3 Å². The number of benzene rings is 6. The van der Waals surface area contributed by atoms with E-state index in [4.69, 9.17) is 0 Å². The first-order valence-electron chi connectivity index (χ1n) is 13.1. The quantitative estimate of drug-likeness (QED) is 0.236. The molecule has 0 amide bonds. The fourth-order valence-corrected chi connectivity index (χ4v) is 11.1. The number of hydrogen-bond donors (Lipinski definition) is 0. The van der Waals surface area contributed by atoms with Crippen molar-refractivity contribution in [3.63, 3.8) is 0 Å². The fraction of sp³-hybridized carbons (Fsp3) is 0. The van der Waals surface area contributed by atoms with Crippen molar-refractivity contribution in [1.29, 1.82) is 0 Å². The normalized spacial score (nSPS) is 9.85. The summed E-state index contributed by atoms with van der Waals surface area (Å²) < 4.78 is 9.09. The van der Waals surface area contributed by atoms with Gasteiger partial charge < -0.3 is 0 Å². The van der Waals surface area contributed by atoms with Gasteiger partial charge in [0.25, 0.3) is 0 Å². The topological polar surface area (TPSA) is 0 Å². The molecule has 0 fully saturated rings. The van der Waals surface area contributed by atoms with Crippen LogP contribution in [0, 0.1) is 0 Å². The van der Waals surface area contributed by atoms with Gasteiger partial charge >= 0.3 is 255 Å². The molecule has 188 valence electrons. The van der Waals surface area contributed by atoms with E-state index < -0.39 is 30.9 Å². The van der Waals surface area contributed by atoms with E-state index in [2.05, 4.69) is 182 Å². The molecule has 39 heavy (non-hydrogen) atoms. The van der Waals surface area contributed by atoms with Crippen LogP contribution in [0.2, 0.25) is 0 Å². The molecule has 6 rings (SSSR count). The molecule has 6 aromatic rings. The Balaban J connectivity index is 0.000000136. The summed E-state index contributed by atoms with van der Waals surface area (Å²) in [6.45, 7) is 0.